The average Bonchev–Trinajstić information content (AvgIpc) is 2.68. The second kappa shape index (κ2) is 9.11. The summed E-state index contributed by atoms with van der Waals surface area (Å²) in [5.74, 6) is 1.06. The zero-order valence-corrected chi connectivity index (χ0v) is 16.7. The Kier molecular flexibility index (Phi) is 6.58. The van der Waals surface area contributed by atoms with E-state index in [0.29, 0.717) is 6.54 Å². The molecule has 2 aromatic rings. The van der Waals surface area contributed by atoms with Crippen molar-refractivity contribution in [3.05, 3.63) is 59.1 Å². The van der Waals surface area contributed by atoms with Crippen LogP contribution in [0.3, 0.4) is 0 Å². The normalized spacial score (nSPS) is 15.5. The Labute approximate surface area is 166 Å². The highest BCUT2D eigenvalue weighted by Gasteiger charge is 2.23. The maximum absolute atomic E-state index is 12.7. The molecule has 1 saturated heterocycles. The van der Waals surface area contributed by atoms with Gasteiger partial charge in [-0.1, -0.05) is 29.8 Å². The number of nitrogens with one attached hydrogen (secondary N) is 1. The van der Waals surface area contributed by atoms with Crippen LogP contribution < -0.4 is 14.5 Å². The van der Waals surface area contributed by atoms with Crippen LogP contribution in [0.1, 0.15) is 5.56 Å². The number of carbonyl (C=O) groups excluding carboxylic acids is 1. The molecule has 1 heterocycles. The van der Waals surface area contributed by atoms with Crippen LogP contribution in [0.2, 0.25) is 5.02 Å². The fraction of sp³-hybridized carbons (Fsp3) is 0.381. The van der Waals surface area contributed by atoms with Gasteiger partial charge >= 0.3 is 0 Å². The molecular formula is C21H27ClN3O2+. The van der Waals surface area contributed by atoms with Crippen molar-refractivity contribution in [2.24, 2.45) is 0 Å². The Morgan fingerprint density at radius 3 is 2.56 bits per heavy atom. The lowest BCUT2D eigenvalue weighted by Gasteiger charge is -2.36. The number of halogens is 1. The van der Waals surface area contributed by atoms with Gasteiger partial charge in [0.05, 0.1) is 14.2 Å². The third-order valence-corrected chi connectivity index (χ3v) is 5.13. The number of methoxy groups -OCH3 is 1. The summed E-state index contributed by atoms with van der Waals surface area (Å²) in [4.78, 5) is 18.1. The van der Waals surface area contributed by atoms with Crippen LogP contribution in [0, 0.1) is 0 Å². The molecule has 3 rings (SSSR count). The van der Waals surface area contributed by atoms with E-state index in [1.807, 2.05) is 41.3 Å². The fourth-order valence-corrected chi connectivity index (χ4v) is 3.63. The summed E-state index contributed by atoms with van der Waals surface area (Å²) in [5, 5.41) is 0.744. The molecule has 1 unspecified atom stereocenters. The van der Waals surface area contributed by atoms with Crippen LogP contribution in [0.4, 0.5) is 5.69 Å². The van der Waals surface area contributed by atoms with Crippen LogP contribution in [0.5, 0.6) is 5.75 Å². The first-order valence-electron chi connectivity index (χ1n) is 9.27. The van der Waals surface area contributed by atoms with Gasteiger partial charge in [-0.3, -0.25) is 4.79 Å². The molecule has 1 atom stereocenters. The standard InChI is InChI=1S/C21H26ClN3O2/c1-23(15-17-5-3-8-20(13-17)27-2)16-21(26)25-11-9-24(10-12-25)19-7-4-6-18(22)14-19/h3-8,13-14H,9-12,15-16H2,1-2H3/p+1. The van der Waals surface area contributed by atoms with Crippen LogP contribution >= 0.6 is 11.6 Å². The summed E-state index contributed by atoms with van der Waals surface area (Å²) in [5.41, 5.74) is 2.29. The molecule has 27 heavy (non-hydrogen) atoms. The number of rotatable bonds is 6. The molecular weight excluding hydrogens is 362 g/mol. The maximum atomic E-state index is 12.7. The Morgan fingerprint density at radius 2 is 1.85 bits per heavy atom. The molecule has 1 fully saturated rings. The van der Waals surface area contributed by atoms with Crippen molar-refractivity contribution in [1.29, 1.82) is 0 Å². The first-order chi connectivity index (χ1) is 13.0. The minimum atomic E-state index is 0.209. The fourth-order valence-electron chi connectivity index (χ4n) is 3.45. The minimum Gasteiger partial charge on any atom is -0.497 e. The number of nitrogens with zero attached hydrogens (tertiary/aromatic N) is 2. The number of carbonyl (C=O) groups is 1. The first-order valence-corrected chi connectivity index (χ1v) is 9.65. The largest absolute Gasteiger partial charge is 0.497 e. The van der Waals surface area contributed by atoms with Crippen molar-refractivity contribution in [3.8, 4) is 5.75 Å². The van der Waals surface area contributed by atoms with Gasteiger partial charge in [0.1, 0.15) is 12.3 Å². The molecule has 1 aliphatic heterocycles. The molecule has 1 amide bonds. The second-order valence-corrected chi connectivity index (χ2v) is 7.45. The van der Waals surface area contributed by atoms with Crippen molar-refractivity contribution in [1.82, 2.24) is 4.90 Å². The third kappa shape index (κ3) is 5.37. The van der Waals surface area contributed by atoms with Gasteiger partial charge < -0.3 is 19.4 Å². The number of hydrogen-bond acceptors (Lipinski definition) is 3. The van der Waals surface area contributed by atoms with Gasteiger partial charge in [-0.2, -0.15) is 0 Å². The number of amides is 1. The Balaban J connectivity index is 1.48. The number of piperazine rings is 1. The monoisotopic (exact) mass is 388 g/mol. The topological polar surface area (TPSA) is 37.2 Å². The molecule has 1 aliphatic rings. The Bertz CT molecular complexity index is 776. The van der Waals surface area contributed by atoms with Gasteiger partial charge in [0, 0.05) is 42.5 Å². The zero-order chi connectivity index (χ0) is 19.2. The van der Waals surface area contributed by atoms with Crippen molar-refractivity contribution >= 4 is 23.2 Å². The van der Waals surface area contributed by atoms with Crippen molar-refractivity contribution in [2.75, 3.05) is 51.8 Å². The molecule has 0 spiro atoms. The van der Waals surface area contributed by atoms with Crippen LogP contribution in [0.15, 0.2) is 48.5 Å². The molecule has 0 saturated carbocycles. The highest BCUT2D eigenvalue weighted by atomic mass is 35.5. The number of likely N-dealkylation sites (N-methyl/N-ethyl adjacent to an activating group) is 1. The number of ether oxygens (including phenoxy) is 1. The number of hydrogen-bond donors (Lipinski definition) is 1. The van der Waals surface area contributed by atoms with Crippen molar-refractivity contribution in [2.45, 2.75) is 6.54 Å². The third-order valence-electron chi connectivity index (χ3n) is 4.90. The van der Waals surface area contributed by atoms with E-state index >= 15 is 0 Å². The molecule has 2 aromatic carbocycles. The maximum Gasteiger partial charge on any atom is 0.277 e. The molecule has 144 valence electrons. The SMILES string of the molecule is COc1cccc(C[NH+](C)CC(=O)N2CCN(c3cccc(Cl)c3)CC2)c1. The predicted molar refractivity (Wildman–Crippen MR) is 109 cm³/mol. The Hall–Kier alpha value is -2.24. The van der Waals surface area contributed by atoms with E-state index in [9.17, 15) is 4.79 Å². The van der Waals surface area contributed by atoms with Gasteiger partial charge in [-0.15, -0.1) is 0 Å². The second-order valence-electron chi connectivity index (χ2n) is 7.01. The van der Waals surface area contributed by atoms with E-state index < -0.39 is 0 Å². The van der Waals surface area contributed by atoms with Gasteiger partial charge in [-0.05, 0) is 30.3 Å². The number of benzene rings is 2. The van der Waals surface area contributed by atoms with Crippen molar-refractivity contribution < 1.29 is 14.4 Å². The lowest BCUT2D eigenvalue weighted by atomic mass is 10.2. The molecule has 6 heteroatoms. The molecule has 5 nitrogen and oxygen atoms in total. The quantitative estimate of drug-likeness (QED) is 0.818. The van der Waals surface area contributed by atoms with E-state index in [0.717, 1.165) is 49.2 Å². The van der Waals surface area contributed by atoms with Gasteiger partial charge in [-0.25, -0.2) is 0 Å². The smallest absolute Gasteiger partial charge is 0.277 e. The molecule has 0 bridgehead atoms. The van der Waals surface area contributed by atoms with Crippen LogP contribution in [-0.4, -0.2) is 57.7 Å². The first kappa shape index (κ1) is 19.5. The summed E-state index contributed by atoms with van der Waals surface area (Å²) in [6, 6.07) is 15.9. The summed E-state index contributed by atoms with van der Waals surface area (Å²) < 4.78 is 5.27. The van der Waals surface area contributed by atoms with E-state index in [1.165, 1.54) is 10.5 Å². The lowest BCUT2D eigenvalue weighted by Crippen LogP contribution is -3.09. The average molecular weight is 389 g/mol. The predicted octanol–water partition coefficient (Wildman–Crippen LogP) is 1.71. The van der Waals surface area contributed by atoms with Crippen LogP contribution in [0.25, 0.3) is 0 Å². The number of anilines is 1. The minimum absolute atomic E-state index is 0.209. The highest BCUT2D eigenvalue weighted by Crippen LogP contribution is 2.20. The van der Waals surface area contributed by atoms with Gasteiger partial charge in [0.25, 0.3) is 5.91 Å². The molecule has 0 aliphatic carbocycles. The Morgan fingerprint density at radius 1 is 1.11 bits per heavy atom. The van der Waals surface area contributed by atoms with Crippen LogP contribution in [-0.2, 0) is 11.3 Å². The van der Waals surface area contributed by atoms with E-state index in [4.69, 9.17) is 16.3 Å². The molecule has 0 aromatic heterocycles. The summed E-state index contributed by atoms with van der Waals surface area (Å²) in [6.07, 6.45) is 0. The zero-order valence-electron chi connectivity index (χ0n) is 16.0. The summed E-state index contributed by atoms with van der Waals surface area (Å²) in [7, 11) is 3.72. The van der Waals surface area contributed by atoms with E-state index in [1.54, 1.807) is 7.11 Å². The molecule has 1 N–H and O–H groups in total. The summed E-state index contributed by atoms with van der Waals surface area (Å²) >= 11 is 6.08. The number of quaternary nitrogens is 1. The van der Waals surface area contributed by atoms with E-state index in [2.05, 4.69) is 24.1 Å². The van der Waals surface area contributed by atoms with Crippen molar-refractivity contribution in [3.63, 3.8) is 0 Å². The molecule has 0 radical (unpaired) electrons. The lowest BCUT2D eigenvalue weighted by molar-refractivity contribution is -0.885. The van der Waals surface area contributed by atoms with Gasteiger partial charge in [0.15, 0.2) is 6.54 Å². The van der Waals surface area contributed by atoms with E-state index in [-0.39, 0.29) is 5.91 Å². The summed E-state index contributed by atoms with van der Waals surface area (Å²) in [6.45, 7) is 4.46. The van der Waals surface area contributed by atoms with Gasteiger partial charge in [0.2, 0.25) is 0 Å². The highest BCUT2D eigenvalue weighted by molar-refractivity contribution is 6.30.